The van der Waals surface area contributed by atoms with Crippen molar-refractivity contribution in [3.63, 3.8) is 0 Å². The van der Waals surface area contributed by atoms with Crippen LogP contribution in [0.5, 0.6) is 0 Å². The fourth-order valence-electron chi connectivity index (χ4n) is 2.95. The molecule has 5 nitrogen and oxygen atoms in total. The first-order chi connectivity index (χ1) is 10.7. The molecule has 1 spiro atoms. The van der Waals surface area contributed by atoms with E-state index in [1.165, 1.54) is 12.1 Å². The van der Waals surface area contributed by atoms with E-state index in [1.807, 2.05) is 0 Å². The summed E-state index contributed by atoms with van der Waals surface area (Å²) in [6.07, 6.45) is -4.57. The number of nitrogens with two attached hydrogens (primary N) is 1. The number of likely N-dealkylation sites (tertiary alicyclic amines) is 1. The molecule has 124 valence electrons. The first-order valence-electron chi connectivity index (χ1n) is 7.00. The summed E-state index contributed by atoms with van der Waals surface area (Å²) < 4.78 is 51.2. The van der Waals surface area contributed by atoms with Crippen LogP contribution < -0.4 is 11.1 Å². The van der Waals surface area contributed by atoms with Crippen LogP contribution in [0, 0.1) is 5.82 Å². The quantitative estimate of drug-likeness (QED) is 0.713. The number of carbonyl (C=O) groups excluding carboxylic acids is 1. The van der Waals surface area contributed by atoms with Crippen LogP contribution in [-0.2, 0) is 4.79 Å². The molecule has 0 atom stereocenters. The Balaban J connectivity index is 1.80. The molecule has 0 unspecified atom stereocenters. The lowest BCUT2D eigenvalue weighted by atomic mass is 9.93. The number of amides is 1. The first-order valence-corrected chi connectivity index (χ1v) is 7.00. The van der Waals surface area contributed by atoms with E-state index in [4.69, 9.17) is 5.73 Å². The molecule has 0 saturated carbocycles. The molecule has 0 bridgehead atoms. The highest BCUT2D eigenvalue weighted by Gasteiger charge is 2.46. The van der Waals surface area contributed by atoms with Crippen LogP contribution in [-0.4, -0.2) is 41.6 Å². The predicted octanol–water partition coefficient (Wildman–Crippen LogP) is 1.84. The largest absolute Gasteiger partial charge is 0.471 e. The van der Waals surface area contributed by atoms with Crippen LogP contribution in [0.1, 0.15) is 18.4 Å². The fraction of sp³-hybridized carbons (Fsp3) is 0.429. The second-order valence-electron chi connectivity index (χ2n) is 5.61. The van der Waals surface area contributed by atoms with E-state index in [0.29, 0.717) is 5.69 Å². The van der Waals surface area contributed by atoms with E-state index in [2.05, 4.69) is 10.3 Å². The molecule has 0 aromatic heterocycles. The monoisotopic (exact) mass is 330 g/mol. The van der Waals surface area contributed by atoms with Crippen molar-refractivity contribution in [2.75, 3.05) is 18.4 Å². The lowest BCUT2D eigenvalue weighted by molar-refractivity contribution is -0.186. The van der Waals surface area contributed by atoms with Crippen molar-refractivity contribution in [3.8, 4) is 0 Å². The number of anilines is 1. The van der Waals surface area contributed by atoms with Gasteiger partial charge in [-0.15, -0.1) is 0 Å². The third-order valence-electron chi connectivity index (χ3n) is 4.09. The average Bonchev–Trinajstić information content (AvgIpc) is 2.46. The Morgan fingerprint density at radius 1 is 1.30 bits per heavy atom. The highest BCUT2D eigenvalue weighted by atomic mass is 19.4. The minimum atomic E-state index is -4.89. The summed E-state index contributed by atoms with van der Waals surface area (Å²) in [6, 6.07) is 4.40. The number of benzene rings is 1. The molecule has 2 heterocycles. The molecule has 3 rings (SSSR count). The lowest BCUT2D eigenvalue weighted by Crippen LogP contribution is -2.54. The van der Waals surface area contributed by atoms with Gasteiger partial charge in [0.1, 0.15) is 17.3 Å². The zero-order valence-electron chi connectivity index (χ0n) is 12.0. The number of hydrogen-bond acceptors (Lipinski definition) is 4. The third-order valence-corrected chi connectivity index (χ3v) is 4.09. The van der Waals surface area contributed by atoms with Crippen LogP contribution in [0.15, 0.2) is 23.2 Å². The number of fused-ring (bicyclic) bond motifs is 1. The van der Waals surface area contributed by atoms with E-state index >= 15 is 0 Å². The Bertz CT molecular complexity index is 678. The maximum atomic E-state index is 13.8. The van der Waals surface area contributed by atoms with Crippen molar-refractivity contribution in [3.05, 3.63) is 29.6 Å². The van der Waals surface area contributed by atoms with Gasteiger partial charge < -0.3 is 16.0 Å². The average molecular weight is 330 g/mol. The zero-order chi connectivity index (χ0) is 16.8. The van der Waals surface area contributed by atoms with Crippen LogP contribution in [0.25, 0.3) is 0 Å². The number of aliphatic imine (C=N–C) groups is 1. The van der Waals surface area contributed by atoms with Crippen molar-refractivity contribution in [1.82, 2.24) is 4.90 Å². The number of alkyl halides is 3. The van der Waals surface area contributed by atoms with E-state index in [1.54, 1.807) is 6.07 Å². The van der Waals surface area contributed by atoms with Crippen molar-refractivity contribution in [1.29, 1.82) is 0 Å². The molecule has 1 aromatic rings. The van der Waals surface area contributed by atoms with Crippen molar-refractivity contribution in [2.45, 2.75) is 24.7 Å². The van der Waals surface area contributed by atoms with E-state index in [0.717, 1.165) is 4.90 Å². The van der Waals surface area contributed by atoms with Crippen molar-refractivity contribution < 1.29 is 22.4 Å². The molecule has 1 amide bonds. The smallest absolute Gasteiger partial charge is 0.383 e. The molecular weight excluding hydrogens is 316 g/mol. The fourth-order valence-corrected chi connectivity index (χ4v) is 2.95. The van der Waals surface area contributed by atoms with Gasteiger partial charge in [-0.3, -0.25) is 4.79 Å². The molecule has 0 aliphatic carbocycles. The SMILES string of the molecule is NC1=NC2(CCN(C(=O)C(F)(F)F)CC2)Nc2cccc(F)c21. The molecule has 23 heavy (non-hydrogen) atoms. The van der Waals surface area contributed by atoms with Gasteiger partial charge in [-0.25, -0.2) is 9.38 Å². The standard InChI is InChI=1S/C14H14F4N4O/c15-8-2-1-3-9-10(8)11(19)21-13(20-9)4-6-22(7-5-13)12(23)14(16,17)18/h1-3,20H,4-7H2,(H2,19,21). The zero-order valence-corrected chi connectivity index (χ0v) is 12.0. The second-order valence-corrected chi connectivity index (χ2v) is 5.61. The van der Waals surface area contributed by atoms with Gasteiger partial charge in [0.25, 0.3) is 0 Å². The van der Waals surface area contributed by atoms with Crippen LogP contribution >= 0.6 is 0 Å². The normalized spacial score (nSPS) is 19.8. The van der Waals surface area contributed by atoms with Crippen LogP contribution in [0.3, 0.4) is 0 Å². The molecule has 2 aliphatic heterocycles. The molecule has 9 heteroatoms. The van der Waals surface area contributed by atoms with Gasteiger partial charge in [0.05, 0.1) is 5.56 Å². The first kappa shape index (κ1) is 15.6. The van der Waals surface area contributed by atoms with Gasteiger partial charge in [0.15, 0.2) is 0 Å². The van der Waals surface area contributed by atoms with E-state index in [-0.39, 0.29) is 37.3 Å². The maximum Gasteiger partial charge on any atom is 0.471 e. The highest BCUT2D eigenvalue weighted by Crippen LogP contribution is 2.35. The second kappa shape index (κ2) is 5.10. The van der Waals surface area contributed by atoms with E-state index < -0.39 is 23.6 Å². The highest BCUT2D eigenvalue weighted by molar-refractivity contribution is 6.04. The molecule has 3 N–H and O–H groups in total. The molecule has 1 aromatic carbocycles. The van der Waals surface area contributed by atoms with Gasteiger partial charge in [-0.05, 0) is 12.1 Å². The molecule has 1 saturated heterocycles. The number of amidine groups is 1. The van der Waals surface area contributed by atoms with Crippen molar-refractivity contribution in [2.24, 2.45) is 10.7 Å². The van der Waals surface area contributed by atoms with Crippen LogP contribution in [0.2, 0.25) is 0 Å². The molecular formula is C14H14F4N4O. The summed E-state index contributed by atoms with van der Waals surface area (Å²) in [5.41, 5.74) is 5.53. The Kier molecular flexibility index (Phi) is 3.46. The Labute approximate surface area is 129 Å². The predicted molar refractivity (Wildman–Crippen MR) is 75.3 cm³/mol. The third kappa shape index (κ3) is 2.71. The van der Waals surface area contributed by atoms with Crippen molar-refractivity contribution >= 4 is 17.4 Å². The maximum absolute atomic E-state index is 13.8. The molecule has 1 fully saturated rings. The number of nitrogens with zero attached hydrogens (tertiary/aromatic N) is 2. The summed E-state index contributed by atoms with van der Waals surface area (Å²) in [5, 5.41) is 3.06. The van der Waals surface area contributed by atoms with Gasteiger partial charge in [-0.1, -0.05) is 6.07 Å². The van der Waals surface area contributed by atoms with Gasteiger partial charge in [-0.2, -0.15) is 13.2 Å². The number of hydrogen-bond donors (Lipinski definition) is 2. The van der Waals surface area contributed by atoms with E-state index in [9.17, 15) is 22.4 Å². The summed E-state index contributed by atoms with van der Waals surface area (Å²) in [6.45, 7) is -0.209. The molecule has 0 radical (unpaired) electrons. The Morgan fingerprint density at radius 2 is 1.96 bits per heavy atom. The number of halogens is 4. The minimum absolute atomic E-state index is 0.00690. The minimum Gasteiger partial charge on any atom is -0.383 e. The van der Waals surface area contributed by atoms with Crippen LogP contribution in [0.4, 0.5) is 23.2 Å². The summed E-state index contributed by atoms with van der Waals surface area (Å²) in [4.78, 5) is 16.3. The lowest BCUT2D eigenvalue weighted by Gasteiger charge is -2.42. The summed E-state index contributed by atoms with van der Waals surface area (Å²) >= 11 is 0. The molecule has 2 aliphatic rings. The summed E-state index contributed by atoms with van der Waals surface area (Å²) in [5.74, 6) is -2.37. The number of nitrogens with one attached hydrogen (secondary N) is 1. The number of rotatable bonds is 0. The number of piperidine rings is 1. The van der Waals surface area contributed by atoms with Gasteiger partial charge in [0.2, 0.25) is 0 Å². The Morgan fingerprint density at radius 3 is 2.57 bits per heavy atom. The van der Waals surface area contributed by atoms with Gasteiger partial charge in [0, 0.05) is 31.6 Å². The number of carbonyl (C=O) groups is 1. The van der Waals surface area contributed by atoms with Gasteiger partial charge >= 0.3 is 12.1 Å². The topological polar surface area (TPSA) is 70.7 Å². The summed E-state index contributed by atoms with van der Waals surface area (Å²) in [7, 11) is 0. The Hall–Kier alpha value is -2.32.